The molecule has 2 atom stereocenters. The fourth-order valence-corrected chi connectivity index (χ4v) is 9.26. The molecule has 0 radical (unpaired) electrons. The van der Waals surface area contributed by atoms with Gasteiger partial charge in [0.15, 0.2) is 0 Å². The van der Waals surface area contributed by atoms with Crippen LogP contribution in [0.25, 0.3) is 55.8 Å². The molecule has 0 amide bonds. The van der Waals surface area contributed by atoms with Crippen LogP contribution in [0.4, 0.5) is 0 Å². The van der Waals surface area contributed by atoms with Crippen molar-refractivity contribution in [2.75, 3.05) is 0 Å². The third-order valence-corrected chi connectivity index (χ3v) is 11.5. The maximum absolute atomic E-state index is 5.55. The van der Waals surface area contributed by atoms with Gasteiger partial charge in [0.05, 0.1) is 17.3 Å². The molecule has 1 heteroatoms. The predicted molar refractivity (Wildman–Crippen MR) is 209 cm³/mol. The number of benzene rings is 7. The van der Waals surface area contributed by atoms with Crippen LogP contribution in [0.3, 0.4) is 0 Å². The lowest BCUT2D eigenvalue weighted by Gasteiger charge is -2.20. The Balaban J connectivity index is 1.14. The highest BCUT2D eigenvalue weighted by molar-refractivity contribution is 5.91. The minimum Gasteiger partial charge on any atom is -0.252 e. The second-order valence-corrected chi connectivity index (χ2v) is 14.2. The lowest BCUT2D eigenvalue weighted by Crippen LogP contribution is -2.06. The molecule has 0 bridgehead atoms. The molecule has 0 saturated carbocycles. The van der Waals surface area contributed by atoms with Gasteiger partial charge in [-0.1, -0.05) is 158 Å². The van der Waals surface area contributed by atoms with E-state index >= 15 is 0 Å². The number of rotatable bonds is 4. The van der Waals surface area contributed by atoms with Crippen LogP contribution in [0, 0.1) is 0 Å². The molecule has 3 aliphatic carbocycles. The van der Waals surface area contributed by atoms with Crippen molar-refractivity contribution >= 4 is 0 Å². The second kappa shape index (κ2) is 11.1. The van der Waals surface area contributed by atoms with Crippen LogP contribution in [-0.4, -0.2) is 4.98 Å². The number of hydrogen-bond donors (Lipinski definition) is 0. The molecule has 8 aromatic rings. The van der Waals surface area contributed by atoms with Gasteiger partial charge in [-0.2, -0.15) is 0 Å². The fourth-order valence-electron chi connectivity index (χ4n) is 9.26. The lowest BCUT2D eigenvalue weighted by molar-refractivity contribution is 0.938. The van der Waals surface area contributed by atoms with Gasteiger partial charge in [-0.25, -0.2) is 0 Å². The number of aromatic nitrogens is 1. The van der Waals surface area contributed by atoms with Gasteiger partial charge in [-0.05, 0) is 108 Å². The van der Waals surface area contributed by atoms with Gasteiger partial charge in [-0.15, -0.1) is 0 Å². The minimum atomic E-state index is 0.0120. The van der Waals surface area contributed by atoms with Crippen molar-refractivity contribution in [1.82, 2.24) is 4.98 Å². The van der Waals surface area contributed by atoms with E-state index in [4.69, 9.17) is 4.98 Å². The van der Waals surface area contributed by atoms with Crippen LogP contribution >= 0.6 is 0 Å². The van der Waals surface area contributed by atoms with Crippen LogP contribution in [0.1, 0.15) is 56.5 Å². The zero-order chi connectivity index (χ0) is 33.5. The molecule has 0 spiro atoms. The van der Waals surface area contributed by atoms with E-state index < -0.39 is 0 Å². The normalized spacial score (nSPS) is 15.8. The Morgan fingerprint density at radius 3 is 1.73 bits per heavy atom. The SMILES string of the molecule is c1ccc(-c2cc(-c3cccc4c3Cc3ccccc3-4)cc(C3c4ccccc4-c4cc5c(cc43)C(c3ccccc3)c3ccccc3-5)n2)cc1. The third-order valence-electron chi connectivity index (χ3n) is 11.5. The zero-order valence-electron chi connectivity index (χ0n) is 28.1. The molecule has 0 fully saturated rings. The number of nitrogens with zero attached hydrogens (tertiary/aromatic N) is 1. The molecule has 1 heterocycles. The van der Waals surface area contributed by atoms with E-state index in [1.54, 1.807) is 0 Å². The quantitative estimate of drug-likeness (QED) is 0.185. The number of hydrogen-bond acceptors (Lipinski definition) is 1. The predicted octanol–water partition coefficient (Wildman–Crippen LogP) is 12.3. The number of fused-ring (bicyclic) bond motifs is 9. The van der Waals surface area contributed by atoms with E-state index in [0.717, 1.165) is 23.4 Å². The molecule has 1 nitrogen and oxygen atoms in total. The summed E-state index contributed by atoms with van der Waals surface area (Å²) in [7, 11) is 0. The summed E-state index contributed by atoms with van der Waals surface area (Å²) in [6.45, 7) is 0. The average molecular weight is 648 g/mol. The zero-order valence-corrected chi connectivity index (χ0v) is 28.1. The molecule has 238 valence electrons. The summed E-state index contributed by atoms with van der Waals surface area (Å²) in [5, 5.41) is 0. The molecule has 11 rings (SSSR count). The summed E-state index contributed by atoms with van der Waals surface area (Å²) in [5.74, 6) is 0.206. The van der Waals surface area contributed by atoms with Gasteiger partial charge in [0.25, 0.3) is 0 Å². The van der Waals surface area contributed by atoms with Crippen molar-refractivity contribution in [2.24, 2.45) is 0 Å². The smallest absolute Gasteiger partial charge is 0.0711 e. The fraction of sp³-hybridized carbons (Fsp3) is 0.0600. The maximum atomic E-state index is 5.55. The molecule has 0 N–H and O–H groups in total. The van der Waals surface area contributed by atoms with Gasteiger partial charge in [0.2, 0.25) is 0 Å². The van der Waals surface area contributed by atoms with Crippen molar-refractivity contribution in [2.45, 2.75) is 18.3 Å². The van der Waals surface area contributed by atoms with E-state index in [0.29, 0.717) is 0 Å². The van der Waals surface area contributed by atoms with Crippen molar-refractivity contribution < 1.29 is 0 Å². The first-order valence-electron chi connectivity index (χ1n) is 18.0. The van der Waals surface area contributed by atoms with Crippen molar-refractivity contribution in [1.29, 1.82) is 0 Å². The molecule has 2 unspecified atom stereocenters. The van der Waals surface area contributed by atoms with E-state index in [-0.39, 0.29) is 11.8 Å². The van der Waals surface area contributed by atoms with Crippen LogP contribution in [0.2, 0.25) is 0 Å². The molecular formula is C50H33N. The van der Waals surface area contributed by atoms with Crippen LogP contribution < -0.4 is 0 Å². The molecular weight excluding hydrogens is 615 g/mol. The lowest BCUT2D eigenvalue weighted by atomic mass is 9.85. The van der Waals surface area contributed by atoms with Crippen molar-refractivity contribution in [3.05, 3.63) is 221 Å². The van der Waals surface area contributed by atoms with Crippen LogP contribution in [0.15, 0.2) is 176 Å². The van der Waals surface area contributed by atoms with Crippen LogP contribution in [0.5, 0.6) is 0 Å². The molecule has 51 heavy (non-hydrogen) atoms. The minimum absolute atomic E-state index is 0.0120. The summed E-state index contributed by atoms with van der Waals surface area (Å²) in [4.78, 5) is 5.55. The second-order valence-electron chi connectivity index (χ2n) is 14.2. The third kappa shape index (κ3) is 4.31. The van der Waals surface area contributed by atoms with Gasteiger partial charge in [0, 0.05) is 11.5 Å². The summed E-state index contributed by atoms with van der Waals surface area (Å²) >= 11 is 0. The summed E-state index contributed by atoms with van der Waals surface area (Å²) in [5.41, 5.74) is 23.4. The standard InChI is InChI=1S/C50H33N/c1-3-14-31(15-4-1)47-27-34(36-24-13-25-37-35-19-8-7-18-33(35)26-42(36)37)28-48(51-47)50-41-23-12-10-21-39(41)44-29-43-38-20-9-11-22-40(38)49(45(43)30-46(44)50)32-16-5-2-6-17-32/h1-25,27-30,49-50H,26H2. The Kier molecular flexibility index (Phi) is 6.21. The Labute approximate surface area is 298 Å². The largest absolute Gasteiger partial charge is 0.252 e. The monoisotopic (exact) mass is 647 g/mol. The maximum Gasteiger partial charge on any atom is 0.0711 e. The van der Waals surface area contributed by atoms with E-state index in [1.165, 1.54) is 83.5 Å². The molecule has 0 aliphatic heterocycles. The Bertz CT molecular complexity index is 2670. The first-order valence-corrected chi connectivity index (χ1v) is 18.0. The molecule has 0 saturated heterocycles. The molecule has 7 aromatic carbocycles. The summed E-state index contributed by atoms with van der Waals surface area (Å²) in [6.07, 6.45) is 0.947. The topological polar surface area (TPSA) is 12.9 Å². The van der Waals surface area contributed by atoms with Crippen molar-refractivity contribution in [3.8, 4) is 55.8 Å². The van der Waals surface area contributed by atoms with E-state index in [9.17, 15) is 0 Å². The summed E-state index contributed by atoms with van der Waals surface area (Å²) in [6, 6.07) is 65.1. The number of pyridine rings is 1. The van der Waals surface area contributed by atoms with Crippen LogP contribution in [-0.2, 0) is 6.42 Å². The molecule has 1 aromatic heterocycles. The Morgan fingerprint density at radius 2 is 0.961 bits per heavy atom. The van der Waals surface area contributed by atoms with E-state index in [1.807, 2.05) is 0 Å². The summed E-state index contributed by atoms with van der Waals surface area (Å²) < 4.78 is 0. The Hall–Kier alpha value is -6.31. The van der Waals surface area contributed by atoms with E-state index in [2.05, 4.69) is 176 Å². The Morgan fingerprint density at radius 1 is 0.373 bits per heavy atom. The van der Waals surface area contributed by atoms with Crippen molar-refractivity contribution in [3.63, 3.8) is 0 Å². The van der Waals surface area contributed by atoms with Gasteiger partial charge < -0.3 is 0 Å². The highest BCUT2D eigenvalue weighted by Gasteiger charge is 2.37. The highest BCUT2D eigenvalue weighted by atomic mass is 14.7. The average Bonchev–Trinajstić information content (AvgIpc) is 3.85. The van der Waals surface area contributed by atoms with Gasteiger partial charge in [0.1, 0.15) is 0 Å². The van der Waals surface area contributed by atoms with Gasteiger partial charge >= 0.3 is 0 Å². The first-order chi connectivity index (χ1) is 25.3. The highest BCUT2D eigenvalue weighted by Crippen LogP contribution is 2.55. The first kappa shape index (κ1) is 28.5. The van der Waals surface area contributed by atoms with Gasteiger partial charge in [-0.3, -0.25) is 4.98 Å². The molecule has 3 aliphatic rings.